The number of nitrogens with zero attached hydrogens (tertiary/aromatic N) is 4. The van der Waals surface area contributed by atoms with Gasteiger partial charge in [-0.2, -0.15) is 4.98 Å². The normalized spacial score (nSPS) is 14.3. The van der Waals surface area contributed by atoms with Crippen LogP contribution in [0.3, 0.4) is 0 Å². The summed E-state index contributed by atoms with van der Waals surface area (Å²) < 4.78 is 6.33. The first-order valence-corrected chi connectivity index (χ1v) is 13.9. The number of H-pyrrole nitrogens is 1. The Morgan fingerprint density at radius 3 is 2.51 bits per heavy atom. The van der Waals surface area contributed by atoms with Gasteiger partial charge in [-0.15, -0.1) is 0 Å². The van der Waals surface area contributed by atoms with Crippen LogP contribution in [0.1, 0.15) is 27.0 Å². The van der Waals surface area contributed by atoms with Crippen LogP contribution < -0.4 is 10.1 Å². The fourth-order valence-corrected chi connectivity index (χ4v) is 5.06. The number of aryl methyl sites for hydroxylation is 2. The Labute approximate surface area is 240 Å². The summed E-state index contributed by atoms with van der Waals surface area (Å²) in [7, 11) is 2.17. The number of hydrogen-bond acceptors (Lipinski definition) is 6. The number of carbonyl (C=O) groups excluding carboxylic acids is 1. The van der Waals surface area contributed by atoms with Gasteiger partial charge >= 0.3 is 0 Å². The Bertz CT molecular complexity index is 1690. The van der Waals surface area contributed by atoms with E-state index in [1.54, 1.807) is 6.07 Å². The fourth-order valence-electron chi connectivity index (χ4n) is 5.06. The number of anilines is 1. The third-order valence-electron chi connectivity index (χ3n) is 7.65. The van der Waals surface area contributed by atoms with Crippen LogP contribution in [-0.4, -0.2) is 63.9 Å². The van der Waals surface area contributed by atoms with E-state index >= 15 is 0 Å². The van der Waals surface area contributed by atoms with Crippen molar-refractivity contribution >= 4 is 22.6 Å². The summed E-state index contributed by atoms with van der Waals surface area (Å²) in [5, 5.41) is 3.06. The summed E-state index contributed by atoms with van der Waals surface area (Å²) in [6.45, 7) is 9.31. The summed E-state index contributed by atoms with van der Waals surface area (Å²) in [5.41, 5.74) is 6.98. The molecule has 0 spiro atoms. The molecule has 208 valence electrons. The van der Waals surface area contributed by atoms with Crippen molar-refractivity contribution in [1.29, 1.82) is 0 Å². The Morgan fingerprint density at radius 2 is 1.73 bits per heavy atom. The van der Waals surface area contributed by atoms with Gasteiger partial charge in [0, 0.05) is 55.7 Å². The maximum Gasteiger partial charge on any atom is 0.255 e. The molecule has 0 saturated carbocycles. The van der Waals surface area contributed by atoms with E-state index in [1.807, 2.05) is 73.8 Å². The number of amides is 1. The monoisotopic (exact) mass is 546 g/mol. The van der Waals surface area contributed by atoms with Crippen molar-refractivity contribution in [2.24, 2.45) is 0 Å². The van der Waals surface area contributed by atoms with Gasteiger partial charge in [-0.25, -0.2) is 4.98 Å². The van der Waals surface area contributed by atoms with E-state index in [-0.39, 0.29) is 5.91 Å². The van der Waals surface area contributed by atoms with Gasteiger partial charge in [0.25, 0.3) is 5.91 Å². The van der Waals surface area contributed by atoms with Crippen LogP contribution in [0, 0.1) is 13.8 Å². The number of aromatic nitrogens is 3. The minimum Gasteiger partial charge on any atom is -0.437 e. The second-order valence-corrected chi connectivity index (χ2v) is 10.7. The molecule has 8 nitrogen and oxygen atoms in total. The van der Waals surface area contributed by atoms with E-state index in [4.69, 9.17) is 9.72 Å². The number of nitrogens with one attached hydrogen (secondary N) is 2. The van der Waals surface area contributed by atoms with Gasteiger partial charge in [0.2, 0.25) is 5.88 Å². The first-order valence-electron chi connectivity index (χ1n) is 13.9. The fraction of sp³-hybridized carbons (Fsp3) is 0.242. The summed E-state index contributed by atoms with van der Waals surface area (Å²) in [6, 6.07) is 23.3. The zero-order valence-electron chi connectivity index (χ0n) is 23.6. The van der Waals surface area contributed by atoms with Gasteiger partial charge < -0.3 is 19.9 Å². The second-order valence-electron chi connectivity index (χ2n) is 10.7. The number of rotatable bonds is 7. The predicted molar refractivity (Wildman–Crippen MR) is 162 cm³/mol. The molecule has 1 saturated heterocycles. The molecule has 0 unspecified atom stereocenters. The van der Waals surface area contributed by atoms with Gasteiger partial charge in [-0.3, -0.25) is 9.69 Å². The number of aromatic amines is 1. The molecule has 1 fully saturated rings. The van der Waals surface area contributed by atoms with Gasteiger partial charge in [-0.1, -0.05) is 42.5 Å². The lowest BCUT2D eigenvalue weighted by atomic mass is 10.1. The van der Waals surface area contributed by atoms with Gasteiger partial charge in [0.15, 0.2) is 5.82 Å². The Hall–Kier alpha value is -4.53. The van der Waals surface area contributed by atoms with Crippen molar-refractivity contribution in [2.75, 3.05) is 38.5 Å². The molecular formula is C33H34N6O2. The number of carbonyl (C=O) groups is 1. The number of ether oxygens (including phenoxy) is 1. The van der Waals surface area contributed by atoms with Crippen LogP contribution in [0.5, 0.6) is 11.6 Å². The maximum atomic E-state index is 13.3. The molecule has 1 aliphatic rings. The highest BCUT2D eigenvalue weighted by Gasteiger charge is 2.17. The smallest absolute Gasteiger partial charge is 0.255 e. The molecule has 2 aromatic heterocycles. The predicted octanol–water partition coefficient (Wildman–Crippen LogP) is 6.03. The number of fused-ring (bicyclic) bond motifs is 1. The van der Waals surface area contributed by atoms with Crippen molar-refractivity contribution in [2.45, 2.75) is 20.4 Å². The highest BCUT2D eigenvalue weighted by Crippen LogP contribution is 2.31. The average molecular weight is 547 g/mol. The topological polar surface area (TPSA) is 86.4 Å². The Balaban J connectivity index is 1.20. The molecule has 0 atom stereocenters. The molecule has 41 heavy (non-hydrogen) atoms. The average Bonchev–Trinajstić information content (AvgIpc) is 3.46. The molecular weight excluding hydrogens is 512 g/mol. The summed E-state index contributed by atoms with van der Waals surface area (Å²) in [6.07, 6.45) is 1.82. The number of benzene rings is 3. The zero-order valence-corrected chi connectivity index (χ0v) is 23.6. The van der Waals surface area contributed by atoms with Gasteiger partial charge in [0.05, 0.1) is 5.52 Å². The van der Waals surface area contributed by atoms with Crippen molar-refractivity contribution in [3.05, 3.63) is 101 Å². The summed E-state index contributed by atoms with van der Waals surface area (Å²) >= 11 is 0. The van der Waals surface area contributed by atoms with E-state index in [9.17, 15) is 4.79 Å². The van der Waals surface area contributed by atoms with E-state index < -0.39 is 0 Å². The van der Waals surface area contributed by atoms with E-state index in [0.29, 0.717) is 28.5 Å². The lowest BCUT2D eigenvalue weighted by Gasteiger charge is -2.32. The molecule has 1 amide bonds. The molecule has 0 aliphatic carbocycles. The SMILES string of the molecule is Cc1cc(NC(=O)c2ccc(C)c(Oc3nc(-c4ccccc4)nc4cc[nH]c34)c2)ccc1CN1CCN(C)CC1. The van der Waals surface area contributed by atoms with Gasteiger partial charge in [0.1, 0.15) is 11.3 Å². The third kappa shape index (κ3) is 5.99. The minimum absolute atomic E-state index is 0.196. The quantitative estimate of drug-likeness (QED) is 0.259. The molecule has 0 radical (unpaired) electrons. The Kier molecular flexibility index (Phi) is 7.50. The summed E-state index contributed by atoms with van der Waals surface area (Å²) in [5.74, 6) is 1.35. The number of piperazine rings is 1. The molecule has 0 bridgehead atoms. The Morgan fingerprint density at radius 1 is 0.927 bits per heavy atom. The summed E-state index contributed by atoms with van der Waals surface area (Å²) in [4.78, 5) is 30.7. The molecule has 3 aromatic carbocycles. The van der Waals surface area contributed by atoms with Crippen LogP contribution in [0.4, 0.5) is 5.69 Å². The molecule has 3 heterocycles. The highest BCUT2D eigenvalue weighted by atomic mass is 16.5. The van der Waals surface area contributed by atoms with Crippen LogP contribution in [0.25, 0.3) is 22.4 Å². The lowest BCUT2D eigenvalue weighted by molar-refractivity contribution is 0.102. The third-order valence-corrected chi connectivity index (χ3v) is 7.65. The van der Waals surface area contributed by atoms with Crippen LogP contribution in [0.15, 0.2) is 79.0 Å². The number of likely N-dealkylation sites (N-methyl/N-ethyl adjacent to an activating group) is 1. The van der Waals surface area contributed by atoms with Crippen molar-refractivity contribution in [3.8, 4) is 23.0 Å². The van der Waals surface area contributed by atoms with E-state index in [1.165, 1.54) is 11.1 Å². The first-order chi connectivity index (χ1) is 19.9. The van der Waals surface area contributed by atoms with Gasteiger partial charge in [-0.05, 0) is 67.9 Å². The molecule has 2 N–H and O–H groups in total. The van der Waals surface area contributed by atoms with Crippen molar-refractivity contribution < 1.29 is 9.53 Å². The largest absolute Gasteiger partial charge is 0.437 e. The maximum absolute atomic E-state index is 13.3. The van der Waals surface area contributed by atoms with Crippen LogP contribution >= 0.6 is 0 Å². The molecule has 1 aliphatic heterocycles. The van der Waals surface area contributed by atoms with Crippen LogP contribution in [-0.2, 0) is 6.54 Å². The molecule has 6 rings (SSSR count). The molecule has 8 heteroatoms. The van der Waals surface area contributed by atoms with Crippen LogP contribution in [0.2, 0.25) is 0 Å². The molecule has 5 aromatic rings. The van der Waals surface area contributed by atoms with E-state index in [0.717, 1.165) is 55.1 Å². The zero-order chi connectivity index (χ0) is 28.3. The first kappa shape index (κ1) is 26.7. The minimum atomic E-state index is -0.196. The standard InChI is InChI=1S/C33H34N6O2/c1-22-9-10-25(32(40)35-27-12-11-26(23(2)19-27)21-39-17-15-38(3)16-18-39)20-29(22)41-33-30-28(13-14-34-30)36-31(37-33)24-7-5-4-6-8-24/h4-14,19-20,34H,15-18,21H2,1-3H3,(H,35,40). The van der Waals surface area contributed by atoms with E-state index in [2.05, 4.69) is 45.1 Å². The van der Waals surface area contributed by atoms with Crippen molar-refractivity contribution in [3.63, 3.8) is 0 Å². The number of hydrogen-bond donors (Lipinski definition) is 2. The second kappa shape index (κ2) is 11.5. The van der Waals surface area contributed by atoms with Crippen molar-refractivity contribution in [1.82, 2.24) is 24.8 Å². The highest BCUT2D eigenvalue weighted by molar-refractivity contribution is 6.04. The lowest BCUT2D eigenvalue weighted by Crippen LogP contribution is -2.43.